The van der Waals surface area contributed by atoms with E-state index >= 15 is 0 Å². The first-order valence-corrected chi connectivity index (χ1v) is 9.45. The minimum Gasteiger partial charge on any atom is -0.339 e. The number of amides is 1. The number of nitrogens with zero attached hydrogens (tertiary/aromatic N) is 5. The van der Waals surface area contributed by atoms with Crippen molar-refractivity contribution in [3.8, 4) is 11.4 Å². The second-order valence-corrected chi connectivity index (χ2v) is 6.95. The summed E-state index contributed by atoms with van der Waals surface area (Å²) >= 11 is 1.47. The molecule has 3 rings (SSSR count). The molecular weight excluding hydrogens is 322 g/mol. The highest BCUT2D eigenvalue weighted by Crippen LogP contribution is 2.25. The monoisotopic (exact) mass is 345 g/mol. The molecule has 1 fully saturated rings. The molecule has 24 heavy (non-hydrogen) atoms. The SMILES string of the molecule is CCn1c(SCC(=O)N2CCCC[C@@H]2C)nnc1-c1ccncc1. The molecule has 1 aliphatic rings. The second kappa shape index (κ2) is 7.79. The molecule has 0 aliphatic carbocycles. The fourth-order valence-electron chi connectivity index (χ4n) is 3.07. The van der Waals surface area contributed by atoms with Crippen LogP contribution < -0.4 is 0 Å². The van der Waals surface area contributed by atoms with Gasteiger partial charge in [0.1, 0.15) is 0 Å². The number of carbonyl (C=O) groups excluding carboxylic acids is 1. The molecule has 1 saturated heterocycles. The molecule has 128 valence electrons. The van der Waals surface area contributed by atoms with E-state index in [4.69, 9.17) is 0 Å². The number of piperidine rings is 1. The van der Waals surface area contributed by atoms with Crippen LogP contribution in [0.15, 0.2) is 29.7 Å². The quantitative estimate of drug-likeness (QED) is 0.780. The van der Waals surface area contributed by atoms with Gasteiger partial charge in [-0.2, -0.15) is 0 Å². The Morgan fingerprint density at radius 1 is 1.29 bits per heavy atom. The van der Waals surface area contributed by atoms with Gasteiger partial charge in [0.2, 0.25) is 5.91 Å². The standard InChI is InChI=1S/C17H23N5OS/c1-3-21-16(14-7-9-18-10-8-14)19-20-17(21)24-12-15(23)22-11-5-4-6-13(22)2/h7-10,13H,3-6,11-12H2,1-2H3/t13-/m0/s1. The summed E-state index contributed by atoms with van der Waals surface area (Å²) in [6.45, 7) is 5.84. The van der Waals surface area contributed by atoms with E-state index < -0.39 is 0 Å². The van der Waals surface area contributed by atoms with Crippen LogP contribution >= 0.6 is 11.8 Å². The molecule has 0 radical (unpaired) electrons. The molecule has 0 saturated carbocycles. The number of likely N-dealkylation sites (tertiary alicyclic amines) is 1. The summed E-state index contributed by atoms with van der Waals surface area (Å²) in [7, 11) is 0. The van der Waals surface area contributed by atoms with Crippen LogP contribution in [0.4, 0.5) is 0 Å². The van der Waals surface area contributed by atoms with Gasteiger partial charge in [0.05, 0.1) is 5.75 Å². The minimum absolute atomic E-state index is 0.198. The van der Waals surface area contributed by atoms with Crippen molar-refractivity contribution in [2.24, 2.45) is 0 Å². The van der Waals surface area contributed by atoms with Gasteiger partial charge in [0.15, 0.2) is 11.0 Å². The van der Waals surface area contributed by atoms with Gasteiger partial charge in [-0.05, 0) is 45.2 Å². The van der Waals surface area contributed by atoms with E-state index in [9.17, 15) is 4.79 Å². The van der Waals surface area contributed by atoms with Gasteiger partial charge in [-0.15, -0.1) is 10.2 Å². The Morgan fingerprint density at radius 3 is 2.79 bits per heavy atom. The molecule has 6 nitrogen and oxygen atoms in total. The van der Waals surface area contributed by atoms with Crippen molar-refractivity contribution in [2.45, 2.75) is 50.9 Å². The Morgan fingerprint density at radius 2 is 2.08 bits per heavy atom. The highest BCUT2D eigenvalue weighted by molar-refractivity contribution is 7.99. The maximum atomic E-state index is 12.5. The summed E-state index contributed by atoms with van der Waals surface area (Å²) in [6, 6.07) is 4.19. The number of rotatable bonds is 5. The number of pyridine rings is 1. The van der Waals surface area contributed by atoms with Crippen LogP contribution in [-0.4, -0.2) is 48.9 Å². The Balaban J connectivity index is 1.69. The van der Waals surface area contributed by atoms with Gasteiger partial charge in [0, 0.05) is 37.1 Å². The van der Waals surface area contributed by atoms with E-state index in [1.807, 2.05) is 21.6 Å². The Bertz CT molecular complexity index is 688. The largest absolute Gasteiger partial charge is 0.339 e. The molecule has 0 N–H and O–H groups in total. The van der Waals surface area contributed by atoms with Crippen LogP contribution in [0.3, 0.4) is 0 Å². The van der Waals surface area contributed by atoms with Crippen LogP contribution in [0.5, 0.6) is 0 Å². The number of carbonyl (C=O) groups is 1. The minimum atomic E-state index is 0.198. The maximum Gasteiger partial charge on any atom is 0.233 e. The fraction of sp³-hybridized carbons (Fsp3) is 0.529. The van der Waals surface area contributed by atoms with E-state index in [-0.39, 0.29) is 5.91 Å². The molecule has 0 unspecified atom stereocenters. The Labute approximate surface area is 146 Å². The van der Waals surface area contributed by atoms with Gasteiger partial charge in [-0.25, -0.2) is 0 Å². The normalized spacial score (nSPS) is 17.9. The topological polar surface area (TPSA) is 63.9 Å². The molecule has 1 amide bonds. The highest BCUT2D eigenvalue weighted by Gasteiger charge is 2.24. The van der Waals surface area contributed by atoms with Crippen molar-refractivity contribution < 1.29 is 4.79 Å². The first kappa shape index (κ1) is 17.0. The van der Waals surface area contributed by atoms with Crippen LogP contribution in [0.2, 0.25) is 0 Å². The predicted octanol–water partition coefficient (Wildman–Crippen LogP) is 2.85. The van der Waals surface area contributed by atoms with Crippen molar-refractivity contribution in [1.82, 2.24) is 24.6 Å². The van der Waals surface area contributed by atoms with Gasteiger partial charge in [-0.1, -0.05) is 11.8 Å². The molecule has 7 heteroatoms. The van der Waals surface area contributed by atoms with E-state index in [2.05, 4.69) is 29.0 Å². The first-order valence-electron chi connectivity index (χ1n) is 8.46. The van der Waals surface area contributed by atoms with Crippen molar-refractivity contribution in [3.63, 3.8) is 0 Å². The van der Waals surface area contributed by atoms with E-state index in [0.717, 1.165) is 42.5 Å². The van der Waals surface area contributed by atoms with Gasteiger partial charge in [-0.3, -0.25) is 9.78 Å². The maximum absolute atomic E-state index is 12.5. The lowest BCUT2D eigenvalue weighted by molar-refractivity contribution is -0.131. The van der Waals surface area contributed by atoms with Crippen molar-refractivity contribution in [1.29, 1.82) is 0 Å². The average molecular weight is 345 g/mol. The highest BCUT2D eigenvalue weighted by atomic mass is 32.2. The lowest BCUT2D eigenvalue weighted by atomic mass is 10.0. The van der Waals surface area contributed by atoms with Crippen LogP contribution in [0.1, 0.15) is 33.1 Å². The lowest BCUT2D eigenvalue weighted by Crippen LogP contribution is -2.43. The molecule has 1 aliphatic heterocycles. The molecule has 0 aromatic carbocycles. The van der Waals surface area contributed by atoms with Gasteiger partial charge < -0.3 is 9.47 Å². The predicted molar refractivity (Wildman–Crippen MR) is 94.7 cm³/mol. The van der Waals surface area contributed by atoms with E-state index in [0.29, 0.717) is 11.8 Å². The molecule has 2 aromatic heterocycles. The third-order valence-electron chi connectivity index (χ3n) is 4.42. The summed E-state index contributed by atoms with van der Waals surface area (Å²) in [6.07, 6.45) is 6.93. The fourth-order valence-corrected chi connectivity index (χ4v) is 3.96. The summed E-state index contributed by atoms with van der Waals surface area (Å²) < 4.78 is 2.05. The van der Waals surface area contributed by atoms with Crippen molar-refractivity contribution in [3.05, 3.63) is 24.5 Å². The van der Waals surface area contributed by atoms with E-state index in [1.54, 1.807) is 12.4 Å². The lowest BCUT2D eigenvalue weighted by Gasteiger charge is -2.33. The third kappa shape index (κ3) is 3.61. The van der Waals surface area contributed by atoms with Gasteiger partial charge in [0.25, 0.3) is 0 Å². The van der Waals surface area contributed by atoms with Gasteiger partial charge >= 0.3 is 0 Å². The Hall–Kier alpha value is -1.89. The zero-order valence-electron chi connectivity index (χ0n) is 14.2. The van der Waals surface area contributed by atoms with Crippen molar-refractivity contribution in [2.75, 3.05) is 12.3 Å². The third-order valence-corrected chi connectivity index (χ3v) is 5.37. The van der Waals surface area contributed by atoms with Crippen molar-refractivity contribution >= 4 is 17.7 Å². The van der Waals surface area contributed by atoms with Crippen LogP contribution in [0.25, 0.3) is 11.4 Å². The summed E-state index contributed by atoms with van der Waals surface area (Å²) in [5, 5.41) is 9.38. The van der Waals surface area contributed by atoms with E-state index in [1.165, 1.54) is 18.2 Å². The molecule has 1 atom stereocenters. The molecule has 2 aromatic rings. The van der Waals surface area contributed by atoms with Crippen LogP contribution in [-0.2, 0) is 11.3 Å². The number of hydrogen-bond donors (Lipinski definition) is 0. The number of thioether (sulfide) groups is 1. The molecule has 0 spiro atoms. The number of hydrogen-bond acceptors (Lipinski definition) is 5. The molecular formula is C17H23N5OS. The molecule has 3 heterocycles. The second-order valence-electron chi connectivity index (χ2n) is 6.01. The molecule has 0 bridgehead atoms. The Kier molecular flexibility index (Phi) is 5.50. The summed E-state index contributed by atoms with van der Waals surface area (Å²) in [5.41, 5.74) is 0.988. The van der Waals surface area contributed by atoms with Crippen LogP contribution in [0, 0.1) is 0 Å². The zero-order valence-corrected chi connectivity index (χ0v) is 15.0. The number of aromatic nitrogens is 4. The summed E-state index contributed by atoms with van der Waals surface area (Å²) in [4.78, 5) is 18.5. The zero-order chi connectivity index (χ0) is 16.9. The average Bonchev–Trinajstić information content (AvgIpc) is 3.03. The summed E-state index contributed by atoms with van der Waals surface area (Å²) in [5.74, 6) is 1.43. The smallest absolute Gasteiger partial charge is 0.233 e. The first-order chi connectivity index (χ1) is 11.7.